The Bertz CT molecular complexity index is 719. The number of benzene rings is 1. The van der Waals surface area contributed by atoms with Gasteiger partial charge >= 0.3 is 0 Å². The van der Waals surface area contributed by atoms with Crippen LogP contribution in [0.4, 0.5) is 0 Å². The Kier molecular flexibility index (Phi) is 4.40. The molecular formula is C20H24N2OS. The van der Waals surface area contributed by atoms with Crippen LogP contribution in [0, 0.1) is 12.8 Å². The Hall–Kier alpha value is -1.68. The molecule has 1 amide bonds. The van der Waals surface area contributed by atoms with Crippen LogP contribution in [0.25, 0.3) is 10.6 Å². The number of carbonyl (C=O) groups excluding carboxylic acids is 1. The molecule has 2 aliphatic rings. The van der Waals surface area contributed by atoms with Crippen LogP contribution in [-0.4, -0.2) is 28.4 Å². The van der Waals surface area contributed by atoms with E-state index in [1.54, 1.807) is 11.3 Å². The first-order valence-corrected chi connectivity index (χ1v) is 9.94. The second-order valence-corrected chi connectivity index (χ2v) is 7.98. The third kappa shape index (κ3) is 3.00. The van der Waals surface area contributed by atoms with E-state index in [0.717, 1.165) is 40.7 Å². The number of thiazole rings is 1. The van der Waals surface area contributed by atoms with Gasteiger partial charge in [0.25, 0.3) is 5.91 Å². The molecule has 1 saturated heterocycles. The van der Waals surface area contributed by atoms with Gasteiger partial charge < -0.3 is 4.90 Å². The molecular weight excluding hydrogens is 316 g/mol. The van der Waals surface area contributed by atoms with Crippen molar-refractivity contribution in [3.8, 4) is 10.6 Å². The third-order valence-corrected chi connectivity index (χ3v) is 6.51. The number of nitrogens with zero attached hydrogens (tertiary/aromatic N) is 2. The summed E-state index contributed by atoms with van der Waals surface area (Å²) in [6, 6.07) is 8.49. The summed E-state index contributed by atoms with van der Waals surface area (Å²) in [6.07, 6.45) is 7.56. The molecule has 0 bridgehead atoms. The number of carbonyl (C=O) groups is 1. The Labute approximate surface area is 147 Å². The second-order valence-electron chi connectivity index (χ2n) is 7.12. The average Bonchev–Trinajstić information content (AvgIpc) is 3.07. The standard InChI is InChI=1S/C20H24N2OS/c1-14-13-24-19(21-14)16-8-10-17(11-9-16)20(23)22-12-4-6-15-5-2-3-7-18(15)22/h8-11,13,15,18H,2-7,12H2,1H3. The van der Waals surface area contributed by atoms with Crippen molar-refractivity contribution < 1.29 is 4.79 Å². The molecule has 2 aromatic rings. The molecule has 1 saturated carbocycles. The molecule has 126 valence electrons. The molecule has 24 heavy (non-hydrogen) atoms. The van der Waals surface area contributed by atoms with Crippen molar-refractivity contribution in [2.24, 2.45) is 5.92 Å². The molecule has 1 aliphatic heterocycles. The molecule has 2 heterocycles. The highest BCUT2D eigenvalue weighted by Crippen LogP contribution is 2.36. The predicted octanol–water partition coefficient (Wildman–Crippen LogP) is 4.91. The largest absolute Gasteiger partial charge is 0.335 e. The van der Waals surface area contributed by atoms with Gasteiger partial charge in [-0.1, -0.05) is 25.0 Å². The summed E-state index contributed by atoms with van der Waals surface area (Å²) < 4.78 is 0. The summed E-state index contributed by atoms with van der Waals surface area (Å²) in [5.41, 5.74) is 2.96. The molecule has 0 radical (unpaired) electrons. The first kappa shape index (κ1) is 15.8. The molecule has 0 N–H and O–H groups in total. The van der Waals surface area contributed by atoms with Gasteiger partial charge in [-0.3, -0.25) is 4.79 Å². The van der Waals surface area contributed by atoms with E-state index in [1.165, 1.54) is 32.1 Å². The monoisotopic (exact) mass is 340 g/mol. The van der Waals surface area contributed by atoms with Crippen LogP contribution in [0.3, 0.4) is 0 Å². The van der Waals surface area contributed by atoms with Crippen LogP contribution in [0.15, 0.2) is 29.6 Å². The minimum Gasteiger partial charge on any atom is -0.335 e. The summed E-state index contributed by atoms with van der Waals surface area (Å²) in [7, 11) is 0. The third-order valence-electron chi connectivity index (χ3n) is 5.50. The van der Waals surface area contributed by atoms with E-state index in [9.17, 15) is 4.79 Å². The van der Waals surface area contributed by atoms with Gasteiger partial charge in [0.1, 0.15) is 5.01 Å². The van der Waals surface area contributed by atoms with E-state index in [1.807, 2.05) is 31.2 Å². The maximum Gasteiger partial charge on any atom is 0.254 e. The highest BCUT2D eigenvalue weighted by Gasteiger charge is 2.35. The number of hydrogen-bond acceptors (Lipinski definition) is 3. The van der Waals surface area contributed by atoms with Gasteiger partial charge in [-0.2, -0.15) is 0 Å². The van der Waals surface area contributed by atoms with Crippen LogP contribution in [0.5, 0.6) is 0 Å². The molecule has 1 aliphatic carbocycles. The molecule has 4 heteroatoms. The van der Waals surface area contributed by atoms with E-state index < -0.39 is 0 Å². The first-order chi connectivity index (χ1) is 11.7. The first-order valence-electron chi connectivity index (χ1n) is 9.06. The van der Waals surface area contributed by atoms with Crippen molar-refractivity contribution in [3.05, 3.63) is 40.9 Å². The van der Waals surface area contributed by atoms with Gasteiger partial charge in [-0.25, -0.2) is 4.98 Å². The van der Waals surface area contributed by atoms with Gasteiger partial charge in [-0.15, -0.1) is 11.3 Å². The molecule has 1 aromatic carbocycles. The topological polar surface area (TPSA) is 33.2 Å². The van der Waals surface area contributed by atoms with Gasteiger partial charge in [0.15, 0.2) is 0 Å². The van der Waals surface area contributed by atoms with Gasteiger partial charge in [0, 0.05) is 34.8 Å². The summed E-state index contributed by atoms with van der Waals surface area (Å²) in [4.78, 5) is 19.7. The van der Waals surface area contributed by atoms with E-state index >= 15 is 0 Å². The lowest BCUT2D eigenvalue weighted by atomic mass is 9.78. The normalized spacial score (nSPS) is 23.8. The Balaban J connectivity index is 1.53. The zero-order valence-electron chi connectivity index (χ0n) is 14.2. The Morgan fingerprint density at radius 3 is 2.62 bits per heavy atom. The molecule has 1 aromatic heterocycles. The zero-order valence-corrected chi connectivity index (χ0v) is 15.0. The average molecular weight is 340 g/mol. The molecule has 2 fully saturated rings. The molecule has 4 rings (SSSR count). The van der Waals surface area contributed by atoms with Crippen LogP contribution in [-0.2, 0) is 0 Å². The summed E-state index contributed by atoms with van der Waals surface area (Å²) in [5, 5.41) is 3.09. The quantitative estimate of drug-likeness (QED) is 0.778. The minimum atomic E-state index is 0.216. The lowest BCUT2D eigenvalue weighted by molar-refractivity contribution is 0.0390. The van der Waals surface area contributed by atoms with E-state index in [0.29, 0.717) is 6.04 Å². The highest BCUT2D eigenvalue weighted by molar-refractivity contribution is 7.13. The van der Waals surface area contributed by atoms with Crippen molar-refractivity contribution in [1.82, 2.24) is 9.88 Å². The number of aryl methyl sites for hydroxylation is 1. The number of aromatic nitrogens is 1. The van der Waals surface area contributed by atoms with Gasteiger partial charge in [-0.05, 0) is 50.7 Å². The van der Waals surface area contributed by atoms with Gasteiger partial charge in [0.2, 0.25) is 0 Å². The lowest BCUT2D eigenvalue weighted by Crippen LogP contribution is -2.49. The minimum absolute atomic E-state index is 0.216. The fraction of sp³-hybridized carbons (Fsp3) is 0.500. The number of hydrogen-bond donors (Lipinski definition) is 0. The smallest absolute Gasteiger partial charge is 0.254 e. The Morgan fingerprint density at radius 2 is 1.88 bits per heavy atom. The van der Waals surface area contributed by atoms with Crippen LogP contribution >= 0.6 is 11.3 Å². The van der Waals surface area contributed by atoms with Crippen molar-refractivity contribution in [1.29, 1.82) is 0 Å². The van der Waals surface area contributed by atoms with Crippen LogP contribution in [0.1, 0.15) is 54.6 Å². The van der Waals surface area contributed by atoms with Crippen molar-refractivity contribution >= 4 is 17.2 Å². The summed E-state index contributed by atoms with van der Waals surface area (Å²) >= 11 is 1.65. The number of rotatable bonds is 2. The number of likely N-dealkylation sites (tertiary alicyclic amines) is 1. The van der Waals surface area contributed by atoms with Crippen molar-refractivity contribution in [2.45, 2.75) is 51.5 Å². The molecule has 2 atom stereocenters. The molecule has 2 unspecified atom stereocenters. The molecule has 0 spiro atoms. The van der Waals surface area contributed by atoms with Crippen LogP contribution < -0.4 is 0 Å². The van der Waals surface area contributed by atoms with Gasteiger partial charge in [0.05, 0.1) is 0 Å². The predicted molar refractivity (Wildman–Crippen MR) is 98.3 cm³/mol. The lowest BCUT2D eigenvalue weighted by Gasteiger charge is -2.44. The fourth-order valence-corrected chi connectivity index (χ4v) is 5.09. The van der Waals surface area contributed by atoms with E-state index in [2.05, 4.69) is 15.3 Å². The fourth-order valence-electron chi connectivity index (χ4n) is 4.28. The zero-order chi connectivity index (χ0) is 16.5. The number of fused-ring (bicyclic) bond motifs is 1. The number of amides is 1. The molecule has 3 nitrogen and oxygen atoms in total. The Morgan fingerprint density at radius 1 is 1.12 bits per heavy atom. The van der Waals surface area contributed by atoms with E-state index in [-0.39, 0.29) is 5.91 Å². The van der Waals surface area contributed by atoms with Crippen molar-refractivity contribution in [2.75, 3.05) is 6.54 Å². The SMILES string of the molecule is Cc1csc(-c2ccc(C(=O)N3CCCC4CCCCC43)cc2)n1. The maximum absolute atomic E-state index is 13.0. The second kappa shape index (κ2) is 6.67. The number of piperidine rings is 1. The van der Waals surface area contributed by atoms with Crippen LogP contribution in [0.2, 0.25) is 0 Å². The van der Waals surface area contributed by atoms with Crippen molar-refractivity contribution in [3.63, 3.8) is 0 Å². The highest BCUT2D eigenvalue weighted by atomic mass is 32.1. The maximum atomic E-state index is 13.0. The van der Waals surface area contributed by atoms with E-state index in [4.69, 9.17) is 0 Å². The summed E-state index contributed by atoms with van der Waals surface area (Å²) in [6.45, 7) is 2.93. The summed E-state index contributed by atoms with van der Waals surface area (Å²) in [5.74, 6) is 0.947.